The van der Waals surface area contributed by atoms with Crippen LogP contribution in [0.2, 0.25) is 0 Å². The molecule has 166 valence electrons. The second kappa shape index (κ2) is 14.4. The average molecular weight is 424 g/mol. The number of halogens is 1. The highest BCUT2D eigenvalue weighted by molar-refractivity contribution is 5.89. The number of benzene rings is 2. The molecule has 2 aromatic carbocycles. The first-order valence-electron chi connectivity index (χ1n) is 11.4. The molecule has 0 aromatic heterocycles. The molecule has 2 rings (SSSR count). The molecule has 2 aromatic rings. The standard InChI is InChI=1S/C27H34FNO2/c1-22-19-23(20-25(21-29)24-12-14-26(28)15-13-24)11-16-27(22)31-18-10-8-6-4-2-3-5-7-9-17-30/h11-16,19-20,30H,2-10,17-18H2,1H3/b25-20+. The van der Waals surface area contributed by atoms with Crippen LogP contribution in [0.5, 0.6) is 5.75 Å². The number of hydrogen-bond acceptors (Lipinski definition) is 3. The van der Waals surface area contributed by atoms with Gasteiger partial charge in [-0.05, 0) is 66.8 Å². The van der Waals surface area contributed by atoms with E-state index in [-0.39, 0.29) is 5.82 Å². The zero-order valence-corrected chi connectivity index (χ0v) is 18.6. The van der Waals surface area contributed by atoms with E-state index in [4.69, 9.17) is 9.84 Å². The molecule has 0 radical (unpaired) electrons. The highest BCUT2D eigenvalue weighted by atomic mass is 19.1. The van der Waals surface area contributed by atoms with Gasteiger partial charge in [-0.15, -0.1) is 0 Å². The highest BCUT2D eigenvalue weighted by Crippen LogP contribution is 2.23. The number of allylic oxidation sites excluding steroid dienone is 1. The Hall–Kier alpha value is -2.64. The number of aryl methyl sites for hydroxylation is 1. The summed E-state index contributed by atoms with van der Waals surface area (Å²) in [5.41, 5.74) is 3.16. The van der Waals surface area contributed by atoms with Gasteiger partial charge in [0.25, 0.3) is 0 Å². The summed E-state index contributed by atoms with van der Waals surface area (Å²) in [4.78, 5) is 0. The van der Waals surface area contributed by atoms with Gasteiger partial charge >= 0.3 is 0 Å². The highest BCUT2D eigenvalue weighted by Gasteiger charge is 2.04. The molecule has 0 heterocycles. The monoisotopic (exact) mass is 423 g/mol. The molecule has 0 atom stereocenters. The molecule has 31 heavy (non-hydrogen) atoms. The van der Waals surface area contributed by atoms with Crippen molar-refractivity contribution in [3.8, 4) is 11.8 Å². The minimum Gasteiger partial charge on any atom is -0.493 e. The van der Waals surface area contributed by atoms with E-state index in [9.17, 15) is 9.65 Å². The third-order valence-electron chi connectivity index (χ3n) is 5.35. The summed E-state index contributed by atoms with van der Waals surface area (Å²) in [5, 5.41) is 18.2. The maximum atomic E-state index is 13.1. The molecular weight excluding hydrogens is 389 g/mol. The summed E-state index contributed by atoms with van der Waals surface area (Å²) in [5.74, 6) is 0.564. The lowest BCUT2D eigenvalue weighted by molar-refractivity contribution is 0.282. The van der Waals surface area contributed by atoms with Gasteiger partial charge < -0.3 is 9.84 Å². The zero-order chi connectivity index (χ0) is 22.3. The fourth-order valence-electron chi connectivity index (χ4n) is 3.53. The number of hydrogen-bond donors (Lipinski definition) is 1. The van der Waals surface area contributed by atoms with Crippen LogP contribution in [0.4, 0.5) is 4.39 Å². The van der Waals surface area contributed by atoms with Crippen LogP contribution >= 0.6 is 0 Å². The Morgan fingerprint density at radius 3 is 2.13 bits per heavy atom. The van der Waals surface area contributed by atoms with Crippen molar-refractivity contribution in [1.29, 1.82) is 5.26 Å². The van der Waals surface area contributed by atoms with E-state index in [0.717, 1.165) is 36.1 Å². The fourth-order valence-corrected chi connectivity index (χ4v) is 3.53. The molecule has 0 saturated carbocycles. The van der Waals surface area contributed by atoms with Gasteiger partial charge in [0.15, 0.2) is 0 Å². The summed E-state index contributed by atoms with van der Waals surface area (Å²) in [6.07, 6.45) is 12.4. The van der Waals surface area contributed by atoms with Crippen LogP contribution in [-0.4, -0.2) is 18.3 Å². The molecule has 1 N–H and O–H groups in total. The maximum absolute atomic E-state index is 13.1. The number of rotatable bonds is 14. The smallest absolute Gasteiger partial charge is 0.123 e. The molecule has 0 aliphatic rings. The first-order chi connectivity index (χ1) is 15.1. The Balaban J connectivity index is 1.73. The third kappa shape index (κ3) is 9.36. The molecule has 0 amide bonds. The second-order valence-electron chi connectivity index (χ2n) is 7.96. The molecule has 0 aliphatic carbocycles. The Morgan fingerprint density at radius 2 is 1.55 bits per heavy atom. The molecule has 0 fully saturated rings. The van der Waals surface area contributed by atoms with Crippen molar-refractivity contribution in [1.82, 2.24) is 0 Å². The number of aliphatic hydroxyl groups is 1. The lowest BCUT2D eigenvalue weighted by Gasteiger charge is -2.10. The Bertz CT molecular complexity index is 853. The normalized spacial score (nSPS) is 11.4. The molecule has 0 aliphatic heterocycles. The van der Waals surface area contributed by atoms with Crippen molar-refractivity contribution < 1.29 is 14.2 Å². The summed E-state index contributed by atoms with van der Waals surface area (Å²) < 4.78 is 19.1. The van der Waals surface area contributed by atoms with Gasteiger partial charge in [-0.1, -0.05) is 63.1 Å². The molecule has 0 bridgehead atoms. The first kappa shape index (κ1) is 24.6. The van der Waals surface area contributed by atoms with Crippen molar-refractivity contribution in [2.24, 2.45) is 0 Å². The topological polar surface area (TPSA) is 53.2 Å². The van der Waals surface area contributed by atoms with Gasteiger partial charge in [0.05, 0.1) is 18.2 Å². The first-order valence-corrected chi connectivity index (χ1v) is 11.4. The lowest BCUT2D eigenvalue weighted by Crippen LogP contribution is -1.99. The van der Waals surface area contributed by atoms with Gasteiger partial charge in [0.1, 0.15) is 11.6 Å². The van der Waals surface area contributed by atoms with E-state index in [0.29, 0.717) is 24.4 Å². The quantitative estimate of drug-likeness (QED) is 0.201. The van der Waals surface area contributed by atoms with Crippen LogP contribution in [0.1, 0.15) is 74.5 Å². The Kier molecular flexibility index (Phi) is 11.4. The maximum Gasteiger partial charge on any atom is 0.123 e. The Labute approximate surface area is 186 Å². The number of nitrogens with zero attached hydrogens (tertiary/aromatic N) is 1. The minimum absolute atomic E-state index is 0.312. The van der Waals surface area contributed by atoms with Gasteiger partial charge in [0.2, 0.25) is 0 Å². The number of aliphatic hydroxyl groups excluding tert-OH is 1. The largest absolute Gasteiger partial charge is 0.493 e. The summed E-state index contributed by atoms with van der Waals surface area (Å²) in [7, 11) is 0. The van der Waals surface area contributed by atoms with Crippen LogP contribution in [0.15, 0.2) is 42.5 Å². The van der Waals surface area contributed by atoms with Crippen LogP contribution in [0.25, 0.3) is 11.6 Å². The van der Waals surface area contributed by atoms with Crippen LogP contribution in [0.3, 0.4) is 0 Å². The summed E-state index contributed by atoms with van der Waals surface area (Å²) >= 11 is 0. The van der Waals surface area contributed by atoms with Crippen molar-refractivity contribution in [3.05, 3.63) is 65.0 Å². The number of nitriles is 1. The van der Waals surface area contributed by atoms with E-state index in [1.54, 1.807) is 12.1 Å². The lowest BCUT2D eigenvalue weighted by atomic mass is 10.0. The van der Waals surface area contributed by atoms with Crippen molar-refractivity contribution in [3.63, 3.8) is 0 Å². The molecule has 0 saturated heterocycles. The average Bonchev–Trinajstić information content (AvgIpc) is 2.77. The van der Waals surface area contributed by atoms with Gasteiger partial charge in [0, 0.05) is 6.61 Å². The van der Waals surface area contributed by atoms with Gasteiger partial charge in [-0.25, -0.2) is 4.39 Å². The molecule has 4 heteroatoms. The van der Waals surface area contributed by atoms with Crippen molar-refractivity contribution in [2.75, 3.05) is 13.2 Å². The minimum atomic E-state index is -0.312. The Morgan fingerprint density at radius 1 is 0.935 bits per heavy atom. The fraction of sp³-hybridized carbons (Fsp3) is 0.444. The van der Waals surface area contributed by atoms with Crippen molar-refractivity contribution in [2.45, 2.75) is 64.7 Å². The SMILES string of the molecule is Cc1cc(/C=C(\C#N)c2ccc(F)cc2)ccc1OCCCCCCCCCCCO. The molecule has 0 spiro atoms. The predicted octanol–water partition coefficient (Wildman–Crippen LogP) is 7.08. The van der Waals surface area contributed by atoms with Crippen molar-refractivity contribution >= 4 is 11.6 Å². The summed E-state index contributed by atoms with van der Waals surface area (Å²) in [6.45, 7) is 3.04. The van der Waals surface area contributed by atoms with E-state index < -0.39 is 0 Å². The molecule has 3 nitrogen and oxygen atoms in total. The number of unbranched alkanes of at least 4 members (excludes halogenated alkanes) is 8. The van der Waals surface area contributed by atoms with E-state index in [1.165, 1.54) is 50.7 Å². The summed E-state index contributed by atoms with van der Waals surface area (Å²) in [6, 6.07) is 14.1. The number of ether oxygens (including phenoxy) is 1. The predicted molar refractivity (Wildman–Crippen MR) is 125 cm³/mol. The molecule has 0 unspecified atom stereocenters. The van der Waals surface area contributed by atoms with Gasteiger partial charge in [-0.3, -0.25) is 0 Å². The second-order valence-corrected chi connectivity index (χ2v) is 7.96. The third-order valence-corrected chi connectivity index (χ3v) is 5.35. The van der Waals surface area contributed by atoms with Crippen LogP contribution in [0, 0.1) is 24.1 Å². The zero-order valence-electron chi connectivity index (χ0n) is 18.6. The van der Waals surface area contributed by atoms with Crippen LogP contribution < -0.4 is 4.74 Å². The van der Waals surface area contributed by atoms with Crippen LogP contribution in [-0.2, 0) is 0 Å². The van der Waals surface area contributed by atoms with Gasteiger partial charge in [-0.2, -0.15) is 5.26 Å². The van der Waals surface area contributed by atoms with E-state index in [2.05, 4.69) is 6.07 Å². The van der Waals surface area contributed by atoms with E-state index in [1.807, 2.05) is 31.2 Å². The molecular formula is C27H34FNO2. The van der Waals surface area contributed by atoms with E-state index >= 15 is 0 Å².